The highest BCUT2D eigenvalue weighted by atomic mass is 16.4. The topological polar surface area (TPSA) is 151 Å². The molecule has 3 aromatic heterocycles. The van der Waals surface area contributed by atoms with Crippen molar-refractivity contribution in [1.29, 1.82) is 0 Å². The van der Waals surface area contributed by atoms with E-state index in [0.29, 0.717) is 35.3 Å². The highest BCUT2D eigenvalue weighted by molar-refractivity contribution is 5.97. The number of nitrogens with zero attached hydrogens (tertiary/aromatic N) is 5. The van der Waals surface area contributed by atoms with Gasteiger partial charge >= 0.3 is 0 Å². The minimum Gasteiger partial charge on any atom is -0.421 e. The number of carbonyl (C=O) groups excluding carboxylic acids is 1. The molecule has 4 N–H and O–H groups in total. The quantitative estimate of drug-likeness (QED) is 0.325. The SMILES string of the molecule is Cc1nnc(-c2cnc(Nc3ccc4c(c3)CCNC4=O)nc2N[C@H](CO)c2cccnc2)o1. The molecular formula is C23H22N8O3. The summed E-state index contributed by atoms with van der Waals surface area (Å²) in [4.78, 5) is 25.2. The van der Waals surface area contributed by atoms with Gasteiger partial charge in [-0.05, 0) is 41.8 Å². The summed E-state index contributed by atoms with van der Waals surface area (Å²) in [6.07, 6.45) is 5.67. The van der Waals surface area contributed by atoms with Crippen molar-refractivity contribution in [3.05, 3.63) is 71.5 Å². The largest absolute Gasteiger partial charge is 0.421 e. The zero-order chi connectivity index (χ0) is 23.5. The standard InChI is InChI=1S/C23H22N8O3/c1-13-30-31-22(34-13)18-11-26-23(27-16-4-5-17-14(9-16)6-8-25-21(17)33)29-20(18)28-19(12-32)15-3-2-7-24-10-15/h2-5,7,9-11,19,32H,6,8,12H2,1H3,(H,25,33)(H2,26,27,28,29)/t19-/m1/s1. The van der Waals surface area contributed by atoms with Gasteiger partial charge in [0.2, 0.25) is 11.8 Å². The van der Waals surface area contributed by atoms with Crippen molar-refractivity contribution in [2.75, 3.05) is 23.8 Å². The van der Waals surface area contributed by atoms with E-state index in [0.717, 1.165) is 23.2 Å². The minimum atomic E-state index is -0.471. The van der Waals surface area contributed by atoms with Crippen LogP contribution in [-0.4, -0.2) is 49.3 Å². The third-order valence-corrected chi connectivity index (χ3v) is 5.41. The van der Waals surface area contributed by atoms with Gasteiger partial charge in [-0.2, -0.15) is 4.98 Å². The molecule has 11 nitrogen and oxygen atoms in total. The van der Waals surface area contributed by atoms with Crippen LogP contribution in [0, 0.1) is 6.92 Å². The highest BCUT2D eigenvalue weighted by Gasteiger charge is 2.20. The number of pyridine rings is 1. The lowest BCUT2D eigenvalue weighted by Crippen LogP contribution is -2.31. The van der Waals surface area contributed by atoms with Crippen molar-refractivity contribution in [1.82, 2.24) is 30.5 Å². The second-order valence-electron chi connectivity index (χ2n) is 7.75. The fourth-order valence-corrected chi connectivity index (χ4v) is 3.73. The van der Waals surface area contributed by atoms with Crippen LogP contribution in [0.5, 0.6) is 0 Å². The summed E-state index contributed by atoms with van der Waals surface area (Å²) in [5.41, 5.74) is 3.67. The van der Waals surface area contributed by atoms with Crippen molar-refractivity contribution in [3.8, 4) is 11.5 Å². The van der Waals surface area contributed by atoms with E-state index in [9.17, 15) is 9.90 Å². The fourth-order valence-electron chi connectivity index (χ4n) is 3.73. The summed E-state index contributed by atoms with van der Waals surface area (Å²) >= 11 is 0. The van der Waals surface area contributed by atoms with Gasteiger partial charge in [0.15, 0.2) is 0 Å². The number of aliphatic hydroxyl groups excluding tert-OH is 1. The molecule has 0 saturated carbocycles. The number of fused-ring (bicyclic) bond motifs is 1. The third-order valence-electron chi connectivity index (χ3n) is 5.41. The maximum atomic E-state index is 12.0. The van der Waals surface area contributed by atoms with Gasteiger partial charge in [0.25, 0.3) is 11.8 Å². The molecule has 4 heterocycles. The van der Waals surface area contributed by atoms with Crippen LogP contribution in [0.3, 0.4) is 0 Å². The van der Waals surface area contributed by atoms with E-state index < -0.39 is 6.04 Å². The predicted molar refractivity (Wildman–Crippen MR) is 124 cm³/mol. The van der Waals surface area contributed by atoms with Crippen LogP contribution >= 0.6 is 0 Å². The molecule has 11 heteroatoms. The number of carbonyl (C=O) groups is 1. The van der Waals surface area contributed by atoms with Gasteiger partial charge < -0.3 is 25.5 Å². The number of aromatic nitrogens is 5. The number of benzene rings is 1. The molecule has 0 saturated heterocycles. The van der Waals surface area contributed by atoms with Crippen molar-refractivity contribution < 1.29 is 14.3 Å². The van der Waals surface area contributed by atoms with Gasteiger partial charge in [-0.3, -0.25) is 9.78 Å². The van der Waals surface area contributed by atoms with Crippen LogP contribution in [-0.2, 0) is 6.42 Å². The van der Waals surface area contributed by atoms with Crippen LogP contribution in [0.25, 0.3) is 11.5 Å². The molecule has 1 atom stereocenters. The lowest BCUT2D eigenvalue weighted by atomic mass is 10.00. The molecule has 0 radical (unpaired) electrons. The first-order valence-corrected chi connectivity index (χ1v) is 10.7. The Kier molecular flexibility index (Phi) is 5.83. The number of aliphatic hydroxyl groups is 1. The summed E-state index contributed by atoms with van der Waals surface area (Å²) < 4.78 is 5.59. The Balaban J connectivity index is 1.48. The van der Waals surface area contributed by atoms with Gasteiger partial charge in [-0.1, -0.05) is 6.07 Å². The molecule has 1 aliphatic rings. The summed E-state index contributed by atoms with van der Waals surface area (Å²) in [6.45, 7) is 2.12. The molecule has 4 aromatic rings. The molecule has 0 bridgehead atoms. The van der Waals surface area contributed by atoms with Gasteiger partial charge in [0, 0.05) is 43.3 Å². The monoisotopic (exact) mass is 458 g/mol. The number of hydrogen-bond donors (Lipinski definition) is 4. The molecule has 5 rings (SSSR count). The maximum Gasteiger partial charge on any atom is 0.253 e. The second kappa shape index (κ2) is 9.24. The molecule has 0 fully saturated rings. The number of rotatable bonds is 7. The summed E-state index contributed by atoms with van der Waals surface area (Å²) in [6, 6.07) is 8.70. The lowest BCUT2D eigenvalue weighted by molar-refractivity contribution is 0.0946. The van der Waals surface area contributed by atoms with E-state index in [2.05, 4.69) is 41.1 Å². The van der Waals surface area contributed by atoms with Gasteiger partial charge in [0.05, 0.1) is 18.2 Å². The number of anilines is 3. The molecule has 0 spiro atoms. The van der Waals surface area contributed by atoms with Crippen LogP contribution in [0.4, 0.5) is 17.5 Å². The first kappa shape index (κ1) is 21.5. The molecule has 0 unspecified atom stereocenters. The average molecular weight is 458 g/mol. The Labute approximate surface area is 194 Å². The first-order valence-electron chi connectivity index (χ1n) is 10.7. The summed E-state index contributed by atoms with van der Waals surface area (Å²) in [7, 11) is 0. The molecule has 0 aliphatic carbocycles. The average Bonchev–Trinajstić information content (AvgIpc) is 3.29. The van der Waals surface area contributed by atoms with E-state index in [1.54, 1.807) is 37.6 Å². The van der Waals surface area contributed by atoms with Crippen molar-refractivity contribution in [3.63, 3.8) is 0 Å². The van der Waals surface area contributed by atoms with E-state index in [1.807, 2.05) is 18.2 Å². The molecule has 1 amide bonds. The summed E-state index contributed by atoms with van der Waals surface area (Å²) in [5, 5.41) is 27.3. The van der Waals surface area contributed by atoms with Gasteiger partial charge in [-0.15, -0.1) is 10.2 Å². The Morgan fingerprint density at radius 1 is 1.21 bits per heavy atom. The Bertz CT molecular complexity index is 1330. The number of nitrogens with one attached hydrogen (secondary N) is 3. The smallest absolute Gasteiger partial charge is 0.253 e. The normalized spacial score (nSPS) is 13.6. The Morgan fingerprint density at radius 2 is 2.12 bits per heavy atom. The van der Waals surface area contributed by atoms with Crippen LogP contribution < -0.4 is 16.0 Å². The van der Waals surface area contributed by atoms with Gasteiger partial charge in [0.1, 0.15) is 5.82 Å². The second-order valence-corrected chi connectivity index (χ2v) is 7.75. The van der Waals surface area contributed by atoms with Crippen molar-refractivity contribution in [2.45, 2.75) is 19.4 Å². The zero-order valence-electron chi connectivity index (χ0n) is 18.3. The molecule has 172 valence electrons. The zero-order valence-corrected chi connectivity index (χ0v) is 18.3. The van der Waals surface area contributed by atoms with E-state index >= 15 is 0 Å². The Morgan fingerprint density at radius 3 is 2.88 bits per heavy atom. The molecule has 1 aromatic carbocycles. The van der Waals surface area contributed by atoms with Crippen LogP contribution in [0.1, 0.15) is 33.4 Å². The van der Waals surface area contributed by atoms with E-state index in [-0.39, 0.29) is 18.4 Å². The third kappa shape index (κ3) is 4.41. The van der Waals surface area contributed by atoms with Crippen LogP contribution in [0.2, 0.25) is 0 Å². The van der Waals surface area contributed by atoms with E-state index in [4.69, 9.17) is 4.42 Å². The van der Waals surface area contributed by atoms with Crippen molar-refractivity contribution in [2.24, 2.45) is 0 Å². The predicted octanol–water partition coefficient (Wildman–Crippen LogP) is 2.41. The molecule has 1 aliphatic heterocycles. The number of aryl methyl sites for hydroxylation is 1. The lowest BCUT2D eigenvalue weighted by Gasteiger charge is -2.19. The number of amides is 1. The summed E-state index contributed by atoms with van der Waals surface area (Å²) in [5.74, 6) is 1.33. The first-order chi connectivity index (χ1) is 16.6. The molecule has 34 heavy (non-hydrogen) atoms. The Hall–Kier alpha value is -4.38. The molecular weight excluding hydrogens is 436 g/mol. The van der Waals surface area contributed by atoms with E-state index in [1.165, 1.54) is 0 Å². The van der Waals surface area contributed by atoms with Crippen LogP contribution in [0.15, 0.2) is 53.3 Å². The maximum absolute atomic E-state index is 12.0. The minimum absolute atomic E-state index is 0.0693. The highest BCUT2D eigenvalue weighted by Crippen LogP contribution is 2.30. The van der Waals surface area contributed by atoms with Gasteiger partial charge in [-0.25, -0.2) is 4.98 Å². The fraction of sp³-hybridized carbons (Fsp3) is 0.217. The number of hydrogen-bond acceptors (Lipinski definition) is 10. The van der Waals surface area contributed by atoms with Crippen molar-refractivity contribution >= 4 is 23.4 Å².